The number of nitrogen functional groups attached to an aromatic ring is 1. The summed E-state index contributed by atoms with van der Waals surface area (Å²) < 4.78 is 70.4. The number of nitrogens with one attached hydrogen (secondary N) is 1. The molecule has 0 bridgehead atoms. The van der Waals surface area contributed by atoms with Gasteiger partial charge in [0.2, 0.25) is 20.0 Å². The van der Waals surface area contributed by atoms with Crippen LogP contribution in [0, 0.1) is 11.6 Å². The zero-order chi connectivity index (χ0) is 34.3. The van der Waals surface area contributed by atoms with E-state index in [0.717, 1.165) is 30.3 Å². The highest BCUT2D eigenvalue weighted by Crippen LogP contribution is 2.26. The van der Waals surface area contributed by atoms with Crippen LogP contribution in [0.15, 0.2) is 82.6 Å². The van der Waals surface area contributed by atoms with Gasteiger partial charge in [-0.1, -0.05) is 58.5 Å². The predicted octanol–water partition coefficient (Wildman–Crippen LogP) is 5.78. The van der Waals surface area contributed by atoms with Gasteiger partial charge in [0.25, 0.3) is 5.91 Å². The number of hydrogen-bond donors (Lipinski definition) is 5. The molecule has 4 rings (SSSR count). The van der Waals surface area contributed by atoms with Gasteiger partial charge in [0.05, 0.1) is 41.0 Å². The van der Waals surface area contributed by atoms with E-state index in [-0.39, 0.29) is 41.1 Å². The van der Waals surface area contributed by atoms with Crippen molar-refractivity contribution in [2.75, 3.05) is 11.1 Å². The van der Waals surface area contributed by atoms with Crippen LogP contribution in [0.2, 0.25) is 20.1 Å². The first-order valence-corrected chi connectivity index (χ1v) is 16.2. The molecule has 0 saturated carbocycles. The van der Waals surface area contributed by atoms with E-state index in [1.165, 1.54) is 36.4 Å². The van der Waals surface area contributed by atoms with Crippen LogP contribution < -0.4 is 21.3 Å². The number of halogens is 6. The summed E-state index contributed by atoms with van der Waals surface area (Å²) in [7, 11) is -7.52. The van der Waals surface area contributed by atoms with Crippen molar-refractivity contribution in [1.29, 1.82) is 0 Å². The zero-order valence-corrected chi connectivity index (χ0v) is 26.8. The van der Waals surface area contributed by atoms with Crippen molar-refractivity contribution >= 4 is 89.7 Å². The molecular formula is C26H20Cl4F2N4O7S2. The van der Waals surface area contributed by atoms with Gasteiger partial charge in [0.15, 0.2) is 0 Å². The Kier molecular flexibility index (Phi) is 13.1. The van der Waals surface area contributed by atoms with Crippen LogP contribution in [-0.2, 0) is 20.0 Å². The Morgan fingerprint density at radius 1 is 0.667 bits per heavy atom. The maximum Gasteiger partial charge on any atom is 0.338 e. The molecule has 4 aromatic carbocycles. The van der Waals surface area contributed by atoms with E-state index in [2.05, 4.69) is 5.32 Å². The Bertz CT molecular complexity index is 1980. The second kappa shape index (κ2) is 15.6. The molecule has 0 aliphatic carbocycles. The van der Waals surface area contributed by atoms with Crippen molar-refractivity contribution in [2.45, 2.75) is 9.79 Å². The summed E-state index contributed by atoms with van der Waals surface area (Å²) in [6.45, 7) is 0. The highest BCUT2D eigenvalue weighted by molar-refractivity contribution is 7.89. The summed E-state index contributed by atoms with van der Waals surface area (Å²) in [5.41, 5.74) is 5.06. The van der Waals surface area contributed by atoms with Gasteiger partial charge >= 0.3 is 5.97 Å². The first-order valence-electron chi connectivity index (χ1n) is 11.6. The molecule has 19 heteroatoms. The van der Waals surface area contributed by atoms with Crippen molar-refractivity contribution in [3.05, 3.63) is 116 Å². The lowest BCUT2D eigenvalue weighted by Crippen LogP contribution is -2.16. The zero-order valence-electron chi connectivity index (χ0n) is 22.1. The Morgan fingerprint density at radius 3 is 1.53 bits per heavy atom. The normalized spacial score (nSPS) is 10.9. The molecule has 11 nitrogen and oxygen atoms in total. The number of carbonyl (C=O) groups excluding carboxylic acids is 1. The highest BCUT2D eigenvalue weighted by atomic mass is 35.5. The lowest BCUT2D eigenvalue weighted by molar-refractivity contribution is 0.0691. The molecule has 0 heterocycles. The fraction of sp³-hybridized carbons (Fsp3) is 0. The van der Waals surface area contributed by atoms with Gasteiger partial charge in [-0.15, -0.1) is 0 Å². The molecule has 0 aliphatic rings. The van der Waals surface area contributed by atoms with Crippen LogP contribution in [0.25, 0.3) is 0 Å². The van der Waals surface area contributed by atoms with E-state index in [1.54, 1.807) is 6.07 Å². The molecule has 0 radical (unpaired) electrons. The molecule has 0 aromatic heterocycles. The lowest BCUT2D eigenvalue weighted by atomic mass is 10.2. The third kappa shape index (κ3) is 11.4. The summed E-state index contributed by atoms with van der Waals surface area (Å²) in [5.74, 6) is -3.92. The minimum absolute atomic E-state index is 0.000772. The van der Waals surface area contributed by atoms with Gasteiger partial charge in [-0.25, -0.2) is 40.7 Å². The maximum absolute atomic E-state index is 13.7. The van der Waals surface area contributed by atoms with Crippen molar-refractivity contribution in [1.82, 2.24) is 0 Å². The number of carboxylic acids is 1. The fourth-order valence-electron chi connectivity index (χ4n) is 3.02. The maximum atomic E-state index is 13.7. The smallest absolute Gasteiger partial charge is 0.338 e. The molecule has 0 unspecified atom stereocenters. The first kappa shape index (κ1) is 37.6. The molecule has 0 fully saturated rings. The minimum atomic E-state index is -3.91. The number of amides is 1. The van der Waals surface area contributed by atoms with Gasteiger partial charge in [-0.3, -0.25) is 4.79 Å². The predicted molar refractivity (Wildman–Crippen MR) is 168 cm³/mol. The van der Waals surface area contributed by atoms with Gasteiger partial charge in [0.1, 0.15) is 11.6 Å². The molecule has 240 valence electrons. The summed E-state index contributed by atoms with van der Waals surface area (Å²) in [5, 5.41) is 20.7. The molecule has 1 amide bonds. The number of sulfonamides is 2. The van der Waals surface area contributed by atoms with E-state index in [9.17, 15) is 35.2 Å². The number of carboxylic acid groups (broad SMARTS) is 1. The molecule has 0 spiro atoms. The van der Waals surface area contributed by atoms with Crippen LogP contribution in [0.1, 0.15) is 20.7 Å². The topological polar surface area (TPSA) is 213 Å². The minimum Gasteiger partial charge on any atom is -0.478 e. The van der Waals surface area contributed by atoms with Gasteiger partial charge < -0.3 is 16.2 Å². The average Bonchev–Trinajstić information content (AvgIpc) is 2.92. The summed E-state index contributed by atoms with van der Waals surface area (Å²) in [6, 6.07) is 14.9. The largest absolute Gasteiger partial charge is 0.478 e. The Hall–Kier alpha value is -3.54. The number of benzene rings is 4. The number of anilines is 2. The number of aromatic carboxylic acids is 1. The molecule has 0 saturated heterocycles. The van der Waals surface area contributed by atoms with Gasteiger partial charge in [-0.05, 0) is 60.7 Å². The molecular weight excluding hydrogens is 724 g/mol. The quantitative estimate of drug-likeness (QED) is 0.125. The summed E-state index contributed by atoms with van der Waals surface area (Å²) >= 11 is 22.3. The average molecular weight is 744 g/mol. The Balaban J connectivity index is 0.000000259. The van der Waals surface area contributed by atoms with Crippen molar-refractivity contribution < 1.29 is 40.3 Å². The SMILES string of the molecule is NS(=O)(=O)c1cccc(NC(=O)c2cc(Cl)c(Cl)cc2F)c1.Nc1cccc(S(N)(=O)=O)c1.O=C(O)c1cc(Cl)c(Cl)cc1F. The molecule has 8 N–H and O–H groups in total. The van der Waals surface area contributed by atoms with Gasteiger partial charge in [0, 0.05) is 11.4 Å². The van der Waals surface area contributed by atoms with E-state index in [1.807, 2.05) is 0 Å². The van der Waals surface area contributed by atoms with Crippen LogP contribution in [0.5, 0.6) is 0 Å². The van der Waals surface area contributed by atoms with Crippen LogP contribution >= 0.6 is 46.4 Å². The Labute approximate surface area is 275 Å². The van der Waals surface area contributed by atoms with E-state index in [0.29, 0.717) is 5.69 Å². The van der Waals surface area contributed by atoms with Crippen molar-refractivity contribution in [2.24, 2.45) is 10.3 Å². The fourth-order valence-corrected chi connectivity index (χ4v) is 4.78. The standard InChI is InChI=1S/C13H9Cl2FN2O3S.C7H3Cl2FO2.C6H8N2O2S/c14-10-5-9(12(16)6-11(10)15)13(19)18-7-2-1-3-8(4-7)22(17,20)21;8-4-1-3(7(11)12)6(10)2-5(4)9;7-5-2-1-3-6(4-5)11(8,9)10/h1-6H,(H,18,19)(H2,17,20,21);1-2H,(H,11,12);1-4H,7H2,(H2,8,9,10). The number of rotatable bonds is 5. The van der Waals surface area contributed by atoms with Gasteiger partial charge in [-0.2, -0.15) is 0 Å². The second-order valence-corrected chi connectivity index (χ2v) is 13.2. The van der Waals surface area contributed by atoms with E-state index < -0.39 is 49.1 Å². The molecule has 0 aliphatic heterocycles. The lowest BCUT2D eigenvalue weighted by Gasteiger charge is -2.08. The number of primary sulfonamides is 2. The molecule has 0 atom stereocenters. The summed E-state index contributed by atoms with van der Waals surface area (Å²) in [4.78, 5) is 22.2. The second-order valence-electron chi connectivity index (χ2n) is 8.44. The Morgan fingerprint density at radius 2 is 1.09 bits per heavy atom. The van der Waals surface area contributed by atoms with E-state index >= 15 is 0 Å². The van der Waals surface area contributed by atoms with E-state index in [4.69, 9.17) is 67.5 Å². The monoisotopic (exact) mass is 742 g/mol. The number of hydrogen-bond acceptors (Lipinski definition) is 7. The van der Waals surface area contributed by atoms with Crippen LogP contribution in [0.3, 0.4) is 0 Å². The molecule has 4 aromatic rings. The summed E-state index contributed by atoms with van der Waals surface area (Å²) in [6.07, 6.45) is 0. The third-order valence-electron chi connectivity index (χ3n) is 5.10. The van der Waals surface area contributed by atoms with Crippen molar-refractivity contribution in [3.63, 3.8) is 0 Å². The van der Waals surface area contributed by atoms with Crippen molar-refractivity contribution in [3.8, 4) is 0 Å². The first-order chi connectivity index (χ1) is 20.7. The van der Waals surface area contributed by atoms with Crippen LogP contribution in [-0.4, -0.2) is 33.8 Å². The number of carbonyl (C=O) groups is 2. The highest BCUT2D eigenvalue weighted by Gasteiger charge is 2.16. The third-order valence-corrected chi connectivity index (χ3v) is 8.37. The van der Waals surface area contributed by atoms with Crippen LogP contribution in [0.4, 0.5) is 20.2 Å². The number of nitrogens with two attached hydrogens (primary N) is 3. The molecule has 45 heavy (non-hydrogen) atoms.